The molecule has 0 saturated heterocycles. The average Bonchev–Trinajstić information content (AvgIpc) is 2.08. The Kier molecular flexibility index (Phi) is 11.6. The zero-order valence-corrected chi connectivity index (χ0v) is 10.5. The molecule has 0 spiro atoms. The molecular formula is C9H8KNO2. The zero-order chi connectivity index (χ0) is 9.40. The van der Waals surface area contributed by atoms with Crippen molar-refractivity contribution in [1.29, 1.82) is 5.26 Å². The monoisotopic (exact) mass is 201 g/mol. The van der Waals surface area contributed by atoms with Crippen molar-refractivity contribution in [2.24, 2.45) is 0 Å². The first-order chi connectivity index (χ1) is 5.79. The van der Waals surface area contributed by atoms with Gasteiger partial charge in [0.1, 0.15) is 0 Å². The molecule has 1 N–H and O–H groups in total. The van der Waals surface area contributed by atoms with E-state index in [-0.39, 0.29) is 57.8 Å². The molecule has 0 atom stereocenters. The first kappa shape index (κ1) is 15.3. The third kappa shape index (κ3) is 8.15. The van der Waals surface area contributed by atoms with Crippen LogP contribution >= 0.6 is 0 Å². The molecule has 0 radical (unpaired) electrons. The van der Waals surface area contributed by atoms with Crippen LogP contribution in [0.1, 0.15) is 5.56 Å². The van der Waals surface area contributed by atoms with Gasteiger partial charge in [0, 0.05) is 0 Å². The molecule has 62 valence electrons. The fourth-order valence-electron chi connectivity index (χ4n) is 0.770. The van der Waals surface area contributed by atoms with E-state index in [0.717, 1.165) is 5.56 Å². The van der Waals surface area contributed by atoms with E-state index < -0.39 is 5.97 Å². The Balaban J connectivity index is 0. The summed E-state index contributed by atoms with van der Waals surface area (Å²) in [7, 11) is 0. The molecule has 0 bridgehead atoms. The van der Waals surface area contributed by atoms with Gasteiger partial charge in [-0.05, 0) is 5.56 Å². The van der Waals surface area contributed by atoms with Crippen LogP contribution in [0.4, 0.5) is 0 Å². The molecule has 0 amide bonds. The molecule has 0 unspecified atom stereocenters. The van der Waals surface area contributed by atoms with E-state index in [4.69, 9.17) is 16.9 Å². The molecule has 0 heterocycles. The van der Waals surface area contributed by atoms with Crippen molar-refractivity contribution in [3.05, 3.63) is 42.5 Å². The Morgan fingerprint density at radius 1 is 1.31 bits per heavy atom. The maximum Gasteiger partial charge on any atom is 1.00 e. The summed E-state index contributed by atoms with van der Waals surface area (Å²) in [6.45, 7) is 4.75. The zero-order valence-electron chi connectivity index (χ0n) is 7.40. The number of aliphatic carboxylic acids is 1. The summed E-state index contributed by atoms with van der Waals surface area (Å²) in [6.07, 6.45) is 0.112. The predicted octanol–water partition coefficient (Wildman–Crippen LogP) is -1.59. The second-order valence-corrected chi connectivity index (χ2v) is 2.06. The summed E-state index contributed by atoms with van der Waals surface area (Å²) in [4.78, 5) is 10.2. The van der Waals surface area contributed by atoms with Gasteiger partial charge in [-0.3, -0.25) is 4.79 Å². The van der Waals surface area contributed by atoms with Crippen LogP contribution in [-0.4, -0.2) is 11.1 Å². The van der Waals surface area contributed by atoms with Gasteiger partial charge in [-0.25, -0.2) is 0 Å². The Morgan fingerprint density at radius 2 is 1.77 bits per heavy atom. The minimum Gasteiger partial charge on any atom is -0.512 e. The summed E-state index contributed by atoms with van der Waals surface area (Å²) >= 11 is 0. The summed E-state index contributed by atoms with van der Waals surface area (Å²) in [5, 5.41) is 14.6. The van der Waals surface area contributed by atoms with Crippen LogP contribution in [0.3, 0.4) is 0 Å². The standard InChI is InChI=1S/C8H8O2.CN.K/c9-8(10)6-7-4-2-1-3-5-7;1-2;/h1-5H,6H2,(H,9,10);;/q;-1;+1. The molecule has 0 aliphatic heterocycles. The Labute approximate surface area is 120 Å². The average molecular weight is 201 g/mol. The van der Waals surface area contributed by atoms with E-state index >= 15 is 0 Å². The molecule has 0 aliphatic carbocycles. The van der Waals surface area contributed by atoms with Gasteiger partial charge in [-0.2, -0.15) is 0 Å². The van der Waals surface area contributed by atoms with Crippen molar-refractivity contribution >= 4 is 5.97 Å². The van der Waals surface area contributed by atoms with Crippen molar-refractivity contribution in [1.82, 2.24) is 0 Å². The van der Waals surface area contributed by atoms with E-state index in [0.29, 0.717) is 0 Å². The molecule has 0 aromatic heterocycles. The van der Waals surface area contributed by atoms with Gasteiger partial charge in [0.2, 0.25) is 0 Å². The van der Waals surface area contributed by atoms with E-state index in [2.05, 4.69) is 0 Å². The minimum atomic E-state index is -0.786. The Hall–Kier alpha value is -0.184. The summed E-state index contributed by atoms with van der Waals surface area (Å²) < 4.78 is 0. The molecule has 4 heteroatoms. The molecule has 1 aromatic carbocycles. The van der Waals surface area contributed by atoms with Gasteiger partial charge in [-0.15, -0.1) is 0 Å². The largest absolute Gasteiger partial charge is 1.00 e. The SMILES string of the molecule is O=C(O)Cc1ccccc1.[C-]#N.[K+]. The van der Waals surface area contributed by atoms with Crippen molar-refractivity contribution < 1.29 is 61.3 Å². The molecule has 1 rings (SSSR count). The number of carboxylic acid groups (broad SMARTS) is 1. The second kappa shape index (κ2) is 9.90. The van der Waals surface area contributed by atoms with Crippen LogP contribution in [0.15, 0.2) is 30.3 Å². The second-order valence-electron chi connectivity index (χ2n) is 2.06. The fourth-order valence-corrected chi connectivity index (χ4v) is 0.770. The normalized spacial score (nSPS) is 7.23. The van der Waals surface area contributed by atoms with E-state index in [9.17, 15) is 4.79 Å². The Bertz CT molecular complexity index is 259. The molecule has 0 saturated carbocycles. The molecular weight excluding hydrogens is 193 g/mol. The number of carboxylic acids is 1. The van der Waals surface area contributed by atoms with Crippen molar-refractivity contribution in [2.75, 3.05) is 0 Å². The third-order valence-corrected chi connectivity index (χ3v) is 1.20. The van der Waals surface area contributed by atoms with Gasteiger partial charge in [0.15, 0.2) is 0 Å². The van der Waals surface area contributed by atoms with Gasteiger partial charge in [0.05, 0.1) is 6.42 Å². The van der Waals surface area contributed by atoms with E-state index in [1.165, 1.54) is 0 Å². The van der Waals surface area contributed by atoms with Crippen molar-refractivity contribution in [3.8, 4) is 0 Å². The smallest absolute Gasteiger partial charge is 0.512 e. The van der Waals surface area contributed by atoms with Gasteiger partial charge >= 0.3 is 57.4 Å². The van der Waals surface area contributed by atoms with Crippen LogP contribution in [0, 0.1) is 11.8 Å². The van der Waals surface area contributed by atoms with Crippen LogP contribution in [-0.2, 0) is 11.2 Å². The maximum atomic E-state index is 10.2. The van der Waals surface area contributed by atoms with Crippen LogP contribution < -0.4 is 51.4 Å². The third-order valence-electron chi connectivity index (χ3n) is 1.20. The van der Waals surface area contributed by atoms with Crippen molar-refractivity contribution in [2.45, 2.75) is 6.42 Å². The van der Waals surface area contributed by atoms with Gasteiger partial charge < -0.3 is 16.9 Å². The van der Waals surface area contributed by atoms with Crippen LogP contribution in [0.2, 0.25) is 0 Å². The first-order valence-electron chi connectivity index (χ1n) is 3.27. The predicted molar refractivity (Wildman–Crippen MR) is 42.7 cm³/mol. The molecule has 3 nitrogen and oxygen atoms in total. The topological polar surface area (TPSA) is 61.1 Å². The number of hydrogen-bond donors (Lipinski definition) is 1. The number of carbonyl (C=O) groups is 1. The number of hydrogen-bond acceptors (Lipinski definition) is 2. The van der Waals surface area contributed by atoms with Gasteiger partial charge in [-0.1, -0.05) is 30.3 Å². The summed E-state index contributed by atoms with van der Waals surface area (Å²) in [5.74, 6) is -0.786. The quantitative estimate of drug-likeness (QED) is 0.464. The van der Waals surface area contributed by atoms with E-state index in [1.54, 1.807) is 12.1 Å². The van der Waals surface area contributed by atoms with Crippen LogP contribution in [0.25, 0.3) is 0 Å². The Morgan fingerprint density at radius 3 is 2.15 bits per heavy atom. The minimum absolute atomic E-state index is 0. The molecule has 1 aromatic rings. The van der Waals surface area contributed by atoms with Crippen molar-refractivity contribution in [3.63, 3.8) is 0 Å². The number of rotatable bonds is 2. The fraction of sp³-hybridized carbons (Fsp3) is 0.111. The number of benzene rings is 1. The van der Waals surface area contributed by atoms with Gasteiger partial charge in [0.25, 0.3) is 0 Å². The molecule has 13 heavy (non-hydrogen) atoms. The molecule has 0 aliphatic rings. The maximum absolute atomic E-state index is 10.2. The molecule has 0 fully saturated rings. The summed E-state index contributed by atoms with van der Waals surface area (Å²) in [5.41, 5.74) is 0.843. The number of nitrogens with zero attached hydrogens (tertiary/aromatic N) is 1. The first-order valence-corrected chi connectivity index (χ1v) is 3.27. The van der Waals surface area contributed by atoms with E-state index in [1.807, 2.05) is 18.2 Å². The van der Waals surface area contributed by atoms with Crippen LogP contribution in [0.5, 0.6) is 0 Å². The summed E-state index contributed by atoms with van der Waals surface area (Å²) in [6, 6.07) is 9.13.